The number of halogens is 1. The number of methoxy groups -OCH3 is 2. The van der Waals surface area contributed by atoms with E-state index in [-0.39, 0.29) is 35.7 Å². The highest BCUT2D eigenvalue weighted by molar-refractivity contribution is 6.22. The van der Waals surface area contributed by atoms with Crippen molar-refractivity contribution in [3.8, 4) is 11.8 Å². The molecule has 3 saturated heterocycles. The molecule has 1 saturated carbocycles. The zero-order valence-electron chi connectivity index (χ0n) is 28.1. The monoisotopic (exact) mass is 677 g/mol. The summed E-state index contributed by atoms with van der Waals surface area (Å²) >= 11 is 6.01. The van der Waals surface area contributed by atoms with Crippen molar-refractivity contribution in [2.24, 2.45) is 17.8 Å². The van der Waals surface area contributed by atoms with Gasteiger partial charge >= 0.3 is 12.1 Å². The van der Waals surface area contributed by atoms with Gasteiger partial charge < -0.3 is 43.6 Å². The number of allylic oxidation sites excluding steroid dienone is 3. The van der Waals surface area contributed by atoms with Gasteiger partial charge in [0.15, 0.2) is 17.7 Å². The second-order valence-corrected chi connectivity index (χ2v) is 14.3. The van der Waals surface area contributed by atoms with Gasteiger partial charge in [-0.2, -0.15) is 0 Å². The molecule has 260 valence electrons. The second-order valence-electron chi connectivity index (χ2n) is 13.7. The molecule has 5 aliphatic rings. The minimum Gasteiger partial charge on any atom is -0.458 e. The number of ether oxygens (including phenoxy) is 7. The molecular weight excluding hydrogens is 630 g/mol. The van der Waals surface area contributed by atoms with Gasteiger partial charge in [0.2, 0.25) is 0 Å². The third-order valence-electron chi connectivity index (χ3n) is 9.96. The maximum Gasteiger partial charge on any atom is 0.408 e. The normalized spacial score (nSPS) is 46.5. The quantitative estimate of drug-likeness (QED) is 0.139. The van der Waals surface area contributed by atoms with E-state index in [9.17, 15) is 14.7 Å². The molecule has 47 heavy (non-hydrogen) atoms. The van der Waals surface area contributed by atoms with Gasteiger partial charge in [-0.15, -0.1) is 11.6 Å². The molecule has 0 radical (unpaired) electrons. The summed E-state index contributed by atoms with van der Waals surface area (Å²) in [6.07, 6.45) is 5.17. The second kappa shape index (κ2) is 14.6. The summed E-state index contributed by atoms with van der Waals surface area (Å²) < 4.78 is 42.5. The molecule has 12 heteroatoms. The fraction of sp³-hybridized carbons (Fsp3) is 0.714. The summed E-state index contributed by atoms with van der Waals surface area (Å²) in [4.78, 5) is 25.6. The van der Waals surface area contributed by atoms with Gasteiger partial charge in [0, 0.05) is 50.2 Å². The summed E-state index contributed by atoms with van der Waals surface area (Å²) in [5.74, 6) is 3.34. The number of hydrogen-bond acceptors (Lipinski definition) is 10. The van der Waals surface area contributed by atoms with Gasteiger partial charge in [0.05, 0.1) is 30.8 Å². The SMILES string of the molecule is CO[C@H]1/C=C(\C)CC(/C=C/C=C/C#C[C@H]2C[C@@H]2Cl)OC(=O)C[C@@]2(O)C[C@@H](O[C@H]3O[C@H](C)[C@@H]4NC(=O)O[C@]4(C)[C@@H]3OC)[C@H](C)[C@H](O2)[C@H]1C. The van der Waals surface area contributed by atoms with E-state index in [4.69, 9.17) is 44.8 Å². The van der Waals surface area contributed by atoms with Crippen LogP contribution in [0.4, 0.5) is 4.79 Å². The smallest absolute Gasteiger partial charge is 0.408 e. The number of hydrogen-bond donors (Lipinski definition) is 2. The van der Waals surface area contributed by atoms with Crippen LogP contribution in [0.2, 0.25) is 0 Å². The van der Waals surface area contributed by atoms with Crippen molar-refractivity contribution < 1.29 is 47.9 Å². The van der Waals surface area contributed by atoms with Crippen molar-refractivity contribution >= 4 is 23.7 Å². The van der Waals surface area contributed by atoms with E-state index in [0.29, 0.717) is 6.42 Å². The molecule has 0 aromatic carbocycles. The largest absolute Gasteiger partial charge is 0.458 e. The lowest BCUT2D eigenvalue weighted by molar-refractivity contribution is -0.348. The Labute approximate surface area is 282 Å². The number of aliphatic hydroxyl groups is 1. The van der Waals surface area contributed by atoms with E-state index >= 15 is 0 Å². The molecule has 14 atom stereocenters. The number of alkyl halides is 1. The number of rotatable bonds is 6. The Kier molecular flexibility index (Phi) is 11.1. The maximum absolute atomic E-state index is 13.4. The minimum atomic E-state index is -1.90. The Hall–Kier alpha value is -2.43. The molecule has 11 nitrogen and oxygen atoms in total. The third kappa shape index (κ3) is 8.07. The summed E-state index contributed by atoms with van der Waals surface area (Å²) in [7, 11) is 3.14. The average Bonchev–Trinajstić information content (AvgIpc) is 3.60. The van der Waals surface area contributed by atoms with Crippen LogP contribution in [0, 0.1) is 29.6 Å². The van der Waals surface area contributed by atoms with Gasteiger partial charge in [-0.1, -0.05) is 49.5 Å². The van der Waals surface area contributed by atoms with Crippen molar-refractivity contribution in [2.45, 2.75) is 126 Å². The molecular formula is C35H48ClNO10. The third-order valence-corrected chi connectivity index (χ3v) is 10.4. The molecule has 1 unspecified atom stereocenters. The predicted octanol–water partition coefficient (Wildman–Crippen LogP) is 4.16. The molecule has 1 amide bonds. The first-order valence-electron chi connectivity index (χ1n) is 16.4. The van der Waals surface area contributed by atoms with Crippen molar-refractivity contribution in [2.75, 3.05) is 14.2 Å². The van der Waals surface area contributed by atoms with Gasteiger partial charge in [0.25, 0.3) is 0 Å². The van der Waals surface area contributed by atoms with Crippen LogP contribution in [-0.2, 0) is 38.0 Å². The van der Waals surface area contributed by atoms with E-state index in [1.807, 2.05) is 33.8 Å². The predicted molar refractivity (Wildman–Crippen MR) is 172 cm³/mol. The van der Waals surface area contributed by atoms with E-state index in [1.54, 1.807) is 38.3 Å². The van der Waals surface area contributed by atoms with Gasteiger partial charge in [-0.3, -0.25) is 4.79 Å². The first kappa shape index (κ1) is 35.9. The molecule has 4 fully saturated rings. The van der Waals surface area contributed by atoms with Crippen LogP contribution in [0.25, 0.3) is 0 Å². The molecule has 0 spiro atoms. The van der Waals surface area contributed by atoms with Crippen LogP contribution in [0.1, 0.15) is 60.3 Å². The van der Waals surface area contributed by atoms with Crippen molar-refractivity contribution in [3.05, 3.63) is 36.0 Å². The van der Waals surface area contributed by atoms with Crippen molar-refractivity contribution in [3.63, 3.8) is 0 Å². The molecule has 4 heterocycles. The Morgan fingerprint density at radius 1 is 1.15 bits per heavy atom. The van der Waals surface area contributed by atoms with E-state index in [0.717, 1.165) is 12.0 Å². The fourth-order valence-corrected chi connectivity index (χ4v) is 7.51. The summed E-state index contributed by atoms with van der Waals surface area (Å²) in [5.41, 5.74) is -0.0797. The Bertz CT molecular complexity index is 1320. The molecule has 0 aromatic heterocycles. The Morgan fingerprint density at radius 3 is 2.57 bits per heavy atom. The zero-order chi connectivity index (χ0) is 34.1. The minimum absolute atomic E-state index is 0.0338. The molecule has 2 N–H and O–H groups in total. The summed E-state index contributed by atoms with van der Waals surface area (Å²) in [6.45, 7) is 9.57. The van der Waals surface area contributed by atoms with Crippen molar-refractivity contribution in [1.82, 2.24) is 5.32 Å². The standard InChI is InChI=1S/C35H48ClNO10/c1-19-14-24(13-11-9-8-10-12-23-16-25(23)36)44-28(38)18-35(40)17-27(21(3)29(46-35)20(2)26(15-19)41-6)45-32-31(42-7)34(5)30(22(4)43-32)37-33(39)47-34/h8-9,11,13,15,20-27,29-32,40H,14,16-18H2,1-7H3,(H,37,39)/b9-8+,13-11+,19-15+/t20-,21-,22+,23-,24?,25-,26-,27+,29+,30-,31+,32+,34-,35+/m0/s1. The molecule has 1 aliphatic carbocycles. The maximum atomic E-state index is 13.4. The topological polar surface area (TPSA) is 131 Å². The highest BCUT2D eigenvalue weighted by Crippen LogP contribution is 2.44. The highest BCUT2D eigenvalue weighted by Gasteiger charge is 2.61. The van der Waals surface area contributed by atoms with Crippen LogP contribution >= 0.6 is 11.6 Å². The first-order chi connectivity index (χ1) is 22.3. The van der Waals surface area contributed by atoms with Gasteiger partial charge in [-0.25, -0.2) is 4.79 Å². The number of alkyl carbamates (subject to hydrolysis) is 1. The average molecular weight is 678 g/mol. The van der Waals surface area contributed by atoms with Gasteiger partial charge in [-0.05, 0) is 39.3 Å². The zero-order valence-corrected chi connectivity index (χ0v) is 28.9. The van der Waals surface area contributed by atoms with E-state index in [1.165, 1.54) is 7.11 Å². The van der Waals surface area contributed by atoms with E-state index < -0.39 is 72.7 Å². The fourth-order valence-electron chi connectivity index (χ4n) is 7.26. The Balaban J connectivity index is 1.37. The number of fused-ring (bicyclic) bond motifs is 3. The van der Waals surface area contributed by atoms with Crippen LogP contribution in [0.3, 0.4) is 0 Å². The number of carbonyl (C=O) groups excluding carboxylic acids is 2. The number of amides is 1. The lowest BCUT2D eigenvalue weighted by Gasteiger charge is -2.51. The summed E-state index contributed by atoms with van der Waals surface area (Å²) in [5, 5.41) is 14.8. The van der Waals surface area contributed by atoms with Crippen LogP contribution in [-0.4, -0.2) is 97.1 Å². The lowest BCUT2D eigenvalue weighted by Crippen LogP contribution is -2.67. The first-order valence-corrected chi connectivity index (χ1v) is 16.8. The van der Waals surface area contributed by atoms with Crippen LogP contribution < -0.4 is 5.32 Å². The summed E-state index contributed by atoms with van der Waals surface area (Å²) in [6, 6.07) is -0.443. The highest BCUT2D eigenvalue weighted by atomic mass is 35.5. The number of carbonyl (C=O) groups is 2. The van der Waals surface area contributed by atoms with Crippen LogP contribution in [0.15, 0.2) is 36.0 Å². The molecule has 4 aliphatic heterocycles. The number of esters is 1. The van der Waals surface area contributed by atoms with Crippen LogP contribution in [0.5, 0.6) is 0 Å². The van der Waals surface area contributed by atoms with Gasteiger partial charge in [0.1, 0.15) is 18.2 Å². The lowest BCUT2D eigenvalue weighted by atomic mass is 9.79. The Morgan fingerprint density at radius 2 is 1.89 bits per heavy atom. The molecule has 0 aromatic rings. The van der Waals surface area contributed by atoms with Crippen molar-refractivity contribution in [1.29, 1.82) is 0 Å². The number of cyclic esters (lactones) is 1. The molecule has 5 rings (SSSR count). The number of nitrogens with one attached hydrogen (secondary N) is 1. The van der Waals surface area contributed by atoms with E-state index in [2.05, 4.69) is 17.2 Å². The molecule has 2 bridgehead atoms.